The van der Waals surface area contributed by atoms with Crippen LogP contribution in [-0.2, 0) is 36.1 Å². The van der Waals surface area contributed by atoms with Gasteiger partial charge in [-0.05, 0) is 19.4 Å². The molecule has 2 aromatic rings. The first-order chi connectivity index (χ1) is 17.7. The number of aliphatic hydroxyl groups is 1. The molecule has 3 unspecified atom stereocenters. The van der Waals surface area contributed by atoms with E-state index in [-0.39, 0.29) is 30.1 Å². The van der Waals surface area contributed by atoms with Gasteiger partial charge in [-0.1, -0.05) is 12.8 Å². The maximum atomic E-state index is 12.2. The summed E-state index contributed by atoms with van der Waals surface area (Å²) in [6.07, 6.45) is 0.133. The van der Waals surface area contributed by atoms with E-state index >= 15 is 0 Å². The minimum atomic E-state index is -5.63. The van der Waals surface area contributed by atoms with E-state index in [1.165, 1.54) is 10.9 Å². The molecule has 0 radical (unpaired) electrons. The third-order valence-electron chi connectivity index (χ3n) is 5.13. The molecule has 0 bridgehead atoms. The third-order valence-corrected chi connectivity index (χ3v) is 9.42. The van der Waals surface area contributed by atoms with Crippen LogP contribution in [0, 0.1) is 0 Å². The lowest BCUT2D eigenvalue weighted by Crippen LogP contribution is -2.26. The zero-order chi connectivity index (χ0) is 28.1. The zero-order valence-corrected chi connectivity index (χ0v) is 22.5. The number of unbranched alkanes of at least 4 members (excludes halogenated alkanes) is 3. The summed E-state index contributed by atoms with van der Waals surface area (Å²) in [5.41, 5.74) is 10.3. The van der Waals surface area contributed by atoms with Gasteiger partial charge in [-0.15, -0.1) is 0 Å². The van der Waals surface area contributed by atoms with E-state index in [0.717, 1.165) is 12.8 Å². The summed E-state index contributed by atoms with van der Waals surface area (Å²) in [6, 6.07) is 0. The van der Waals surface area contributed by atoms with Crippen LogP contribution in [0.5, 0.6) is 0 Å². The first-order valence-corrected chi connectivity index (χ1v) is 15.7. The van der Waals surface area contributed by atoms with Gasteiger partial charge >= 0.3 is 23.5 Å². The number of nitrogens with two attached hydrogens (primary N) is 2. The molecule has 9 N–H and O–H groups in total. The van der Waals surface area contributed by atoms with E-state index in [1.807, 2.05) is 0 Å². The molecule has 1 aliphatic heterocycles. The van der Waals surface area contributed by atoms with Crippen LogP contribution >= 0.6 is 23.5 Å². The number of phosphoric acid groups is 3. The average molecular weight is 606 g/mol. The highest BCUT2D eigenvalue weighted by Gasteiger charge is 2.44. The first-order valence-electron chi connectivity index (χ1n) is 11.2. The van der Waals surface area contributed by atoms with Crippen molar-refractivity contribution in [2.24, 2.45) is 5.73 Å². The first kappa shape index (κ1) is 31.0. The van der Waals surface area contributed by atoms with Gasteiger partial charge in [-0.25, -0.2) is 18.7 Å². The standard InChI is InChI=1S/C16H29N6O13P3/c17-5-3-1-2-4-6-31-36(25,26)34-38(29,30)35-37(27,28)32-8-11-10(23)7-12(33-11)22-9-19-13-14(22)20-16(18)21-15(13)24/h9-12,23H,1-8,17H2,(H,25,26)(H,27,28)(H,29,30)(H3,18,20,21,24)/t10-,11+,12+/m0/s1. The van der Waals surface area contributed by atoms with Gasteiger partial charge < -0.3 is 36.0 Å². The Labute approximate surface area is 214 Å². The van der Waals surface area contributed by atoms with Crippen molar-refractivity contribution in [2.75, 3.05) is 25.5 Å². The van der Waals surface area contributed by atoms with Crippen LogP contribution in [0.1, 0.15) is 38.3 Å². The number of phosphoric ester groups is 2. The maximum absolute atomic E-state index is 12.2. The fourth-order valence-electron chi connectivity index (χ4n) is 3.46. The summed E-state index contributed by atoms with van der Waals surface area (Å²) in [7, 11) is -16.1. The molecular weight excluding hydrogens is 577 g/mol. The fourth-order valence-corrected chi connectivity index (χ4v) is 7.01. The van der Waals surface area contributed by atoms with Gasteiger partial charge in [0.25, 0.3) is 5.56 Å². The lowest BCUT2D eigenvalue weighted by molar-refractivity contribution is -0.0423. The largest absolute Gasteiger partial charge is 0.490 e. The lowest BCUT2D eigenvalue weighted by Gasteiger charge is -2.20. The Morgan fingerprint density at radius 2 is 1.74 bits per heavy atom. The number of nitrogen functional groups attached to an aromatic ring is 1. The number of ether oxygens (including phenoxy) is 1. The van der Waals surface area contributed by atoms with Gasteiger partial charge in [-0.3, -0.25) is 23.4 Å². The normalized spacial score (nSPS) is 24.7. The van der Waals surface area contributed by atoms with Gasteiger partial charge in [0.05, 0.1) is 25.6 Å². The second kappa shape index (κ2) is 12.7. The molecule has 1 aliphatic rings. The number of fused-ring (bicyclic) bond motifs is 1. The topological polar surface area (TPSA) is 294 Å². The second-order valence-electron chi connectivity index (χ2n) is 8.11. The highest BCUT2D eigenvalue weighted by atomic mass is 31.3. The summed E-state index contributed by atoms with van der Waals surface area (Å²) in [6.45, 7) is -0.628. The third kappa shape index (κ3) is 8.72. The number of aromatic amines is 1. The van der Waals surface area contributed by atoms with E-state index in [0.29, 0.717) is 19.4 Å². The smallest absolute Gasteiger partial charge is 0.390 e. The van der Waals surface area contributed by atoms with Crippen LogP contribution in [0.3, 0.4) is 0 Å². The molecule has 3 heterocycles. The summed E-state index contributed by atoms with van der Waals surface area (Å²) in [4.78, 5) is 51.2. The molecule has 0 aliphatic carbocycles. The Hall–Kier alpha value is -1.56. The molecule has 2 aromatic heterocycles. The molecule has 1 fully saturated rings. The molecule has 0 spiro atoms. The zero-order valence-electron chi connectivity index (χ0n) is 19.8. The van der Waals surface area contributed by atoms with Crippen LogP contribution in [0.2, 0.25) is 0 Å². The van der Waals surface area contributed by atoms with Gasteiger partial charge in [0, 0.05) is 6.42 Å². The van der Waals surface area contributed by atoms with Crippen LogP contribution in [0.15, 0.2) is 11.1 Å². The number of imidazole rings is 1. The minimum absolute atomic E-state index is 0.0410. The van der Waals surface area contributed by atoms with Gasteiger partial charge in [0.2, 0.25) is 5.95 Å². The number of hydrogen-bond donors (Lipinski definition) is 7. The number of H-pyrrole nitrogens is 1. The van der Waals surface area contributed by atoms with Gasteiger partial charge in [0.15, 0.2) is 11.2 Å². The molecule has 38 heavy (non-hydrogen) atoms. The lowest BCUT2D eigenvalue weighted by atomic mass is 10.2. The summed E-state index contributed by atoms with van der Waals surface area (Å²) < 4.78 is 60.1. The molecule has 0 aromatic carbocycles. The van der Waals surface area contributed by atoms with Crippen molar-refractivity contribution in [1.82, 2.24) is 19.5 Å². The van der Waals surface area contributed by atoms with Crippen molar-refractivity contribution < 1.29 is 55.9 Å². The SMILES string of the molecule is NCCCCCCOP(=O)(O)OP(=O)(O)OP(=O)(O)OC[C@H]1O[C@@H](n2cnc3c(=O)[nH]c(N)nc32)C[C@@H]1O. The number of nitrogens with one attached hydrogen (secondary N) is 1. The molecule has 0 amide bonds. The number of aromatic nitrogens is 4. The predicted molar refractivity (Wildman–Crippen MR) is 128 cm³/mol. The van der Waals surface area contributed by atoms with E-state index in [9.17, 15) is 38.3 Å². The predicted octanol–water partition coefficient (Wildman–Crippen LogP) is 0.237. The van der Waals surface area contributed by atoms with Crippen molar-refractivity contribution in [2.45, 2.75) is 50.5 Å². The number of hydrogen-bond acceptors (Lipinski definition) is 14. The van der Waals surface area contributed by atoms with Crippen LogP contribution in [-0.4, -0.2) is 71.3 Å². The van der Waals surface area contributed by atoms with Crippen molar-refractivity contribution >= 4 is 40.6 Å². The van der Waals surface area contributed by atoms with Gasteiger partial charge in [-0.2, -0.15) is 13.6 Å². The minimum Gasteiger partial charge on any atom is -0.390 e. The molecule has 1 saturated heterocycles. The number of anilines is 1. The maximum Gasteiger partial charge on any atom is 0.490 e. The average Bonchev–Trinajstić information content (AvgIpc) is 3.36. The Balaban J connectivity index is 1.52. The molecule has 22 heteroatoms. The number of rotatable bonds is 15. The highest BCUT2D eigenvalue weighted by Crippen LogP contribution is 2.67. The van der Waals surface area contributed by atoms with E-state index < -0.39 is 54.1 Å². The Morgan fingerprint density at radius 1 is 1.08 bits per heavy atom. The number of aliphatic hydroxyl groups excluding tert-OH is 1. The van der Waals surface area contributed by atoms with E-state index in [1.54, 1.807) is 0 Å². The molecular formula is C16H29N6O13P3. The van der Waals surface area contributed by atoms with Crippen molar-refractivity contribution in [3.05, 3.63) is 16.7 Å². The Kier molecular flexibility index (Phi) is 10.4. The summed E-state index contributed by atoms with van der Waals surface area (Å²) >= 11 is 0. The quantitative estimate of drug-likeness (QED) is 0.105. The summed E-state index contributed by atoms with van der Waals surface area (Å²) in [5, 5.41) is 10.3. The molecule has 6 atom stereocenters. The summed E-state index contributed by atoms with van der Waals surface area (Å²) in [5.74, 6) is -0.183. The van der Waals surface area contributed by atoms with Crippen LogP contribution in [0.25, 0.3) is 11.2 Å². The fraction of sp³-hybridized carbons (Fsp3) is 0.688. The molecule has 216 valence electrons. The number of nitrogens with zero attached hydrogens (tertiary/aromatic N) is 3. The highest BCUT2D eigenvalue weighted by molar-refractivity contribution is 7.66. The van der Waals surface area contributed by atoms with Crippen LogP contribution < -0.4 is 17.0 Å². The van der Waals surface area contributed by atoms with Crippen molar-refractivity contribution in [3.8, 4) is 0 Å². The Morgan fingerprint density at radius 3 is 2.42 bits per heavy atom. The molecule has 3 rings (SSSR count). The van der Waals surface area contributed by atoms with Crippen molar-refractivity contribution in [3.63, 3.8) is 0 Å². The van der Waals surface area contributed by atoms with E-state index in [2.05, 4.69) is 32.6 Å². The molecule has 19 nitrogen and oxygen atoms in total. The Bertz CT molecular complexity index is 1300. The monoisotopic (exact) mass is 606 g/mol. The van der Waals surface area contributed by atoms with E-state index in [4.69, 9.17) is 16.2 Å². The van der Waals surface area contributed by atoms with Crippen LogP contribution in [0.4, 0.5) is 5.95 Å². The second-order valence-corrected chi connectivity index (χ2v) is 12.7. The van der Waals surface area contributed by atoms with Crippen molar-refractivity contribution in [1.29, 1.82) is 0 Å². The van der Waals surface area contributed by atoms with Gasteiger partial charge in [0.1, 0.15) is 12.3 Å². The molecule has 0 saturated carbocycles.